The second-order valence-electron chi connectivity index (χ2n) is 13.3. The number of amides is 3. The standard InChI is InChI=1S/C42H48N8O3/c1-5-21-49(39(52)25-43-4)27-37-45-34-20-18-32-23-31(17-19-33(32)41(34)47-37)28-13-15-29(16-14-28)35-24-44-36(46-35)26-50(22-6-2)42(53)40(48-38(51)7-3)30-11-9-8-10-12-30/h8-20,23-24,40,43H,5-7,21-22,25-27H2,1-4H3,(H,44,46)(H,45,47)(H,48,51)/t40-/m1/s1. The highest BCUT2D eigenvalue weighted by molar-refractivity contribution is 6.05. The Hall–Kier alpha value is -5.81. The molecule has 0 saturated carbocycles. The fourth-order valence-electron chi connectivity index (χ4n) is 6.64. The third kappa shape index (κ3) is 8.64. The number of carbonyl (C=O) groups excluding carboxylic acids is 3. The van der Waals surface area contributed by atoms with Crippen molar-refractivity contribution in [2.24, 2.45) is 0 Å². The number of aromatic nitrogens is 4. The van der Waals surface area contributed by atoms with Crippen LogP contribution in [0.3, 0.4) is 0 Å². The van der Waals surface area contributed by atoms with E-state index in [9.17, 15) is 14.4 Å². The molecule has 4 aromatic carbocycles. The molecule has 4 N–H and O–H groups in total. The fourth-order valence-corrected chi connectivity index (χ4v) is 6.64. The molecule has 53 heavy (non-hydrogen) atoms. The van der Waals surface area contributed by atoms with Gasteiger partial charge >= 0.3 is 0 Å². The molecule has 2 aromatic heterocycles. The number of aromatic amines is 2. The summed E-state index contributed by atoms with van der Waals surface area (Å²) < 4.78 is 0. The average molecular weight is 713 g/mol. The van der Waals surface area contributed by atoms with Crippen LogP contribution >= 0.6 is 0 Å². The van der Waals surface area contributed by atoms with Gasteiger partial charge in [0.25, 0.3) is 0 Å². The van der Waals surface area contributed by atoms with Crippen molar-refractivity contribution >= 4 is 39.5 Å². The van der Waals surface area contributed by atoms with Crippen LogP contribution in [0.25, 0.3) is 44.2 Å². The summed E-state index contributed by atoms with van der Waals surface area (Å²) in [4.78, 5) is 58.8. The van der Waals surface area contributed by atoms with Gasteiger partial charge in [-0.15, -0.1) is 0 Å². The van der Waals surface area contributed by atoms with Crippen LogP contribution < -0.4 is 10.6 Å². The van der Waals surface area contributed by atoms with Gasteiger partial charge < -0.3 is 30.4 Å². The molecule has 0 aliphatic carbocycles. The highest BCUT2D eigenvalue weighted by atomic mass is 16.2. The lowest BCUT2D eigenvalue weighted by Gasteiger charge is -2.27. The van der Waals surface area contributed by atoms with E-state index >= 15 is 0 Å². The number of imidazole rings is 2. The summed E-state index contributed by atoms with van der Waals surface area (Å²) in [5.41, 5.74) is 6.60. The number of benzene rings is 4. The first-order chi connectivity index (χ1) is 25.8. The third-order valence-corrected chi connectivity index (χ3v) is 9.34. The number of rotatable bonds is 16. The van der Waals surface area contributed by atoms with Gasteiger partial charge in [-0.25, -0.2) is 9.97 Å². The summed E-state index contributed by atoms with van der Waals surface area (Å²) in [6, 6.07) is 27.5. The normalized spacial score (nSPS) is 11.8. The molecular weight excluding hydrogens is 665 g/mol. The summed E-state index contributed by atoms with van der Waals surface area (Å²) >= 11 is 0. The van der Waals surface area contributed by atoms with Crippen molar-refractivity contribution in [1.82, 2.24) is 40.4 Å². The summed E-state index contributed by atoms with van der Waals surface area (Å²) in [5, 5.41) is 8.00. The Kier molecular flexibility index (Phi) is 12.0. The van der Waals surface area contributed by atoms with E-state index in [2.05, 4.69) is 87.1 Å². The first kappa shape index (κ1) is 37.0. The van der Waals surface area contributed by atoms with Crippen molar-refractivity contribution in [2.45, 2.75) is 59.2 Å². The van der Waals surface area contributed by atoms with Gasteiger partial charge in [0.1, 0.15) is 17.7 Å². The topological polar surface area (TPSA) is 139 Å². The van der Waals surface area contributed by atoms with Gasteiger partial charge in [-0.3, -0.25) is 14.4 Å². The van der Waals surface area contributed by atoms with Crippen LogP contribution in [0.15, 0.2) is 91.1 Å². The molecule has 0 bridgehead atoms. The van der Waals surface area contributed by atoms with Crippen molar-refractivity contribution < 1.29 is 14.4 Å². The molecule has 6 rings (SSSR count). The molecule has 1 atom stereocenters. The lowest BCUT2D eigenvalue weighted by Crippen LogP contribution is -2.43. The quantitative estimate of drug-likeness (QED) is 0.0878. The van der Waals surface area contributed by atoms with E-state index in [1.165, 1.54) is 0 Å². The summed E-state index contributed by atoms with van der Waals surface area (Å²) in [5.74, 6) is 1.16. The first-order valence-electron chi connectivity index (χ1n) is 18.4. The van der Waals surface area contributed by atoms with Crippen LogP contribution in [0.1, 0.15) is 63.3 Å². The average Bonchev–Trinajstić information content (AvgIpc) is 3.83. The van der Waals surface area contributed by atoms with Crippen molar-refractivity contribution in [3.8, 4) is 22.4 Å². The van der Waals surface area contributed by atoms with Gasteiger partial charge in [0, 0.05) is 24.9 Å². The monoisotopic (exact) mass is 712 g/mol. The maximum Gasteiger partial charge on any atom is 0.250 e. The smallest absolute Gasteiger partial charge is 0.250 e. The van der Waals surface area contributed by atoms with Crippen molar-refractivity contribution in [3.63, 3.8) is 0 Å². The van der Waals surface area contributed by atoms with E-state index in [1.54, 1.807) is 25.1 Å². The van der Waals surface area contributed by atoms with Crippen LogP contribution in [0.2, 0.25) is 0 Å². The molecular formula is C42H48N8O3. The molecule has 274 valence electrons. The Morgan fingerprint density at radius 3 is 2.19 bits per heavy atom. The third-order valence-electron chi connectivity index (χ3n) is 9.34. The molecule has 0 aliphatic rings. The van der Waals surface area contributed by atoms with Crippen LogP contribution in [0.4, 0.5) is 0 Å². The van der Waals surface area contributed by atoms with Crippen molar-refractivity contribution in [3.05, 3.63) is 108 Å². The minimum atomic E-state index is -0.767. The number of likely N-dealkylation sites (N-methyl/N-ethyl adjacent to an activating group) is 1. The van der Waals surface area contributed by atoms with Gasteiger partial charge in [-0.1, -0.05) is 93.6 Å². The van der Waals surface area contributed by atoms with E-state index in [1.807, 2.05) is 42.2 Å². The molecule has 0 aliphatic heterocycles. The lowest BCUT2D eigenvalue weighted by molar-refractivity contribution is -0.137. The van der Waals surface area contributed by atoms with Gasteiger partial charge in [0.05, 0.1) is 42.6 Å². The van der Waals surface area contributed by atoms with E-state index in [4.69, 9.17) is 4.98 Å². The van der Waals surface area contributed by atoms with Gasteiger partial charge in [-0.2, -0.15) is 0 Å². The largest absolute Gasteiger partial charge is 0.341 e. The maximum absolute atomic E-state index is 13.8. The highest BCUT2D eigenvalue weighted by Gasteiger charge is 2.27. The van der Waals surface area contributed by atoms with Crippen LogP contribution in [0, 0.1) is 0 Å². The van der Waals surface area contributed by atoms with E-state index in [-0.39, 0.29) is 17.7 Å². The molecule has 0 spiro atoms. The van der Waals surface area contributed by atoms with E-state index < -0.39 is 6.04 Å². The summed E-state index contributed by atoms with van der Waals surface area (Å²) in [6.07, 6.45) is 3.73. The van der Waals surface area contributed by atoms with Crippen LogP contribution in [-0.4, -0.2) is 74.1 Å². The van der Waals surface area contributed by atoms with Crippen molar-refractivity contribution in [1.29, 1.82) is 0 Å². The SMILES string of the molecule is CCCN(Cc1nc2c(ccc3cc(-c4ccc(-c5cnc(CN(CCC)C(=O)[C@H](NC(=O)CC)c6ccccc6)[nH]5)cc4)ccc32)[nH]1)C(=O)CNC. The number of carbonyl (C=O) groups is 3. The minimum absolute atomic E-state index is 0.0567. The summed E-state index contributed by atoms with van der Waals surface area (Å²) in [6.45, 7) is 8.12. The molecule has 0 saturated heterocycles. The lowest BCUT2D eigenvalue weighted by atomic mass is 9.99. The molecule has 11 heteroatoms. The highest BCUT2D eigenvalue weighted by Crippen LogP contribution is 2.30. The zero-order valence-electron chi connectivity index (χ0n) is 30.9. The second-order valence-corrected chi connectivity index (χ2v) is 13.3. The molecule has 6 aromatic rings. The maximum atomic E-state index is 13.8. The van der Waals surface area contributed by atoms with Crippen molar-refractivity contribution in [2.75, 3.05) is 26.7 Å². The zero-order chi connectivity index (χ0) is 37.3. The minimum Gasteiger partial charge on any atom is -0.341 e. The predicted molar refractivity (Wildman–Crippen MR) is 210 cm³/mol. The number of H-pyrrole nitrogens is 2. The first-order valence-corrected chi connectivity index (χ1v) is 18.4. The molecule has 0 radical (unpaired) electrons. The Morgan fingerprint density at radius 2 is 1.47 bits per heavy atom. The number of hydrogen-bond acceptors (Lipinski definition) is 6. The number of fused-ring (bicyclic) bond motifs is 3. The van der Waals surface area contributed by atoms with Gasteiger partial charge in [0.15, 0.2) is 0 Å². The van der Waals surface area contributed by atoms with Crippen LogP contribution in [0.5, 0.6) is 0 Å². The molecule has 11 nitrogen and oxygen atoms in total. The Balaban J connectivity index is 1.17. The van der Waals surface area contributed by atoms with Crippen LogP contribution in [-0.2, 0) is 27.5 Å². The van der Waals surface area contributed by atoms with Gasteiger partial charge in [0.2, 0.25) is 17.7 Å². The summed E-state index contributed by atoms with van der Waals surface area (Å²) in [7, 11) is 1.78. The Labute approximate surface area is 310 Å². The number of nitrogens with one attached hydrogen (secondary N) is 4. The molecule has 2 heterocycles. The van der Waals surface area contributed by atoms with Gasteiger partial charge in [-0.05, 0) is 59.7 Å². The number of nitrogens with zero attached hydrogens (tertiary/aromatic N) is 4. The Morgan fingerprint density at radius 1 is 0.774 bits per heavy atom. The molecule has 0 unspecified atom stereocenters. The fraction of sp³-hybridized carbons (Fsp3) is 0.310. The molecule has 0 fully saturated rings. The van der Waals surface area contributed by atoms with E-state index in [0.717, 1.165) is 68.4 Å². The number of hydrogen-bond donors (Lipinski definition) is 4. The predicted octanol–water partition coefficient (Wildman–Crippen LogP) is 6.74. The second kappa shape index (κ2) is 17.1. The zero-order valence-corrected chi connectivity index (χ0v) is 30.9. The van der Waals surface area contributed by atoms with E-state index in [0.29, 0.717) is 45.0 Å². The molecule has 3 amide bonds. The Bertz CT molecular complexity index is 2170.